The fraction of sp³-hybridized carbons (Fsp3) is 0.542. The molecule has 2 aromatic rings. The fourth-order valence-corrected chi connectivity index (χ4v) is 4.73. The molecule has 11 heteroatoms. The smallest absolute Gasteiger partial charge is 0.421 e. The van der Waals surface area contributed by atoms with Gasteiger partial charge < -0.3 is 20.5 Å². The molecule has 0 aliphatic heterocycles. The first-order chi connectivity index (χ1) is 16.5. The zero-order valence-electron chi connectivity index (χ0n) is 19.6. The lowest BCUT2D eigenvalue weighted by atomic mass is 9.93. The number of benzene rings is 1. The van der Waals surface area contributed by atoms with E-state index in [0.717, 1.165) is 30.7 Å². The van der Waals surface area contributed by atoms with Crippen molar-refractivity contribution in [3.8, 4) is 0 Å². The van der Waals surface area contributed by atoms with Crippen molar-refractivity contribution in [1.29, 1.82) is 0 Å². The minimum absolute atomic E-state index is 0.0741. The Morgan fingerprint density at radius 3 is 2.40 bits per heavy atom. The highest BCUT2D eigenvalue weighted by Crippen LogP contribution is 2.39. The van der Waals surface area contributed by atoms with Gasteiger partial charge in [0.25, 0.3) is 5.91 Å². The number of carbonyl (C=O) groups excluding carboxylic acids is 2. The largest absolute Gasteiger partial charge is 0.449 e. The first-order valence-corrected chi connectivity index (χ1v) is 12.4. The molecule has 2 amide bonds. The number of aromatic nitrogens is 1. The molecule has 1 aliphatic rings. The number of amides is 2. The summed E-state index contributed by atoms with van der Waals surface area (Å²) in [4.78, 5) is 30.7. The van der Waals surface area contributed by atoms with Gasteiger partial charge in [0.05, 0.1) is 11.2 Å². The Bertz CT molecular complexity index is 992. The Labute approximate surface area is 206 Å². The van der Waals surface area contributed by atoms with Crippen LogP contribution in [0.1, 0.15) is 73.5 Å². The van der Waals surface area contributed by atoms with Gasteiger partial charge in [0.15, 0.2) is 5.60 Å². The number of nitrogens with two attached hydrogens (primary N) is 1. The zero-order chi connectivity index (χ0) is 25.8. The molecule has 1 fully saturated rings. The summed E-state index contributed by atoms with van der Waals surface area (Å²) in [5.41, 5.74) is 4.56. The number of rotatable bonds is 11. The number of aliphatic hydroxyl groups is 1. The first kappa shape index (κ1) is 26.9. The lowest BCUT2D eigenvalue weighted by molar-refractivity contribution is -0.258. The van der Waals surface area contributed by atoms with Crippen molar-refractivity contribution in [2.75, 3.05) is 6.61 Å². The molecule has 1 heterocycles. The molecule has 1 aromatic heterocycles. The Balaban J connectivity index is 1.75. The molecule has 0 radical (unpaired) electrons. The highest BCUT2D eigenvalue weighted by Gasteiger charge is 2.51. The molecule has 35 heavy (non-hydrogen) atoms. The van der Waals surface area contributed by atoms with E-state index >= 15 is 0 Å². The second-order valence-corrected chi connectivity index (χ2v) is 9.69. The van der Waals surface area contributed by atoms with Gasteiger partial charge in [0.1, 0.15) is 6.61 Å². The van der Waals surface area contributed by atoms with E-state index in [0.29, 0.717) is 26.2 Å². The van der Waals surface area contributed by atoms with E-state index in [4.69, 9.17) is 10.5 Å². The van der Waals surface area contributed by atoms with Gasteiger partial charge in [-0.05, 0) is 56.7 Å². The summed E-state index contributed by atoms with van der Waals surface area (Å²) in [6.07, 6.45) is -2.04. The first-order valence-electron chi connectivity index (χ1n) is 11.5. The standard InChI is InChI=1S/C24H30F3N3O4S/c1-3-18(9-6-16(12-34-22(28)32)20-13-35-14-29-20)30(19-10-11-19)21(31)15-4-7-17(8-5-15)23(2,33)24(25,26)27/h4-5,7-8,13-14,16,18-19,33H,3,6,9-12H2,1-2H3,(H2,28,32)/t16?,18?,23-/m0/s1. The topological polar surface area (TPSA) is 106 Å². The van der Waals surface area contributed by atoms with Gasteiger partial charge in [0, 0.05) is 28.9 Å². The summed E-state index contributed by atoms with van der Waals surface area (Å²) in [6, 6.07) is 4.92. The van der Waals surface area contributed by atoms with Gasteiger partial charge in [-0.25, -0.2) is 9.78 Å². The van der Waals surface area contributed by atoms with Gasteiger partial charge >= 0.3 is 12.3 Å². The quantitative estimate of drug-likeness (QED) is 0.442. The maximum Gasteiger partial charge on any atom is 0.421 e. The van der Waals surface area contributed by atoms with E-state index in [9.17, 15) is 27.9 Å². The Morgan fingerprint density at radius 1 is 1.26 bits per heavy atom. The average molecular weight is 514 g/mol. The number of hydrogen-bond acceptors (Lipinski definition) is 6. The molecule has 1 aliphatic carbocycles. The van der Waals surface area contributed by atoms with Crippen molar-refractivity contribution < 1.29 is 32.6 Å². The SMILES string of the molecule is CCC(CCC(COC(N)=O)c1cscn1)N(C(=O)c1ccc([C@](C)(O)C(F)(F)F)cc1)C1CC1. The molecule has 7 nitrogen and oxygen atoms in total. The van der Waals surface area contributed by atoms with E-state index in [2.05, 4.69) is 4.98 Å². The Morgan fingerprint density at radius 2 is 1.91 bits per heavy atom. The normalized spacial score (nSPS) is 17.3. The maximum absolute atomic E-state index is 13.4. The summed E-state index contributed by atoms with van der Waals surface area (Å²) >= 11 is 1.43. The van der Waals surface area contributed by atoms with Crippen molar-refractivity contribution in [2.45, 2.75) is 75.7 Å². The number of halogens is 3. The second kappa shape index (κ2) is 10.9. The van der Waals surface area contributed by atoms with E-state index in [1.165, 1.54) is 23.5 Å². The summed E-state index contributed by atoms with van der Waals surface area (Å²) < 4.78 is 44.5. The predicted molar refractivity (Wildman–Crippen MR) is 125 cm³/mol. The van der Waals surface area contributed by atoms with E-state index in [1.807, 2.05) is 17.2 Å². The molecule has 2 unspecified atom stereocenters. The molecule has 3 atom stereocenters. The van der Waals surface area contributed by atoms with Crippen molar-refractivity contribution >= 4 is 23.3 Å². The highest BCUT2D eigenvalue weighted by molar-refractivity contribution is 7.07. The minimum Gasteiger partial charge on any atom is -0.449 e. The van der Waals surface area contributed by atoms with Crippen molar-refractivity contribution in [1.82, 2.24) is 9.88 Å². The Hall–Kier alpha value is -2.66. The van der Waals surface area contributed by atoms with E-state index in [1.54, 1.807) is 5.51 Å². The zero-order valence-corrected chi connectivity index (χ0v) is 20.4. The number of ether oxygens (including phenoxy) is 1. The summed E-state index contributed by atoms with van der Waals surface area (Å²) in [7, 11) is 0. The molecule has 0 spiro atoms. The molecular weight excluding hydrogens is 483 g/mol. The van der Waals surface area contributed by atoms with Crippen LogP contribution in [0.25, 0.3) is 0 Å². The third kappa shape index (κ3) is 6.52. The number of primary amides is 1. The molecule has 3 rings (SSSR count). The van der Waals surface area contributed by atoms with E-state index in [-0.39, 0.29) is 41.6 Å². The van der Waals surface area contributed by atoms with Crippen LogP contribution in [0, 0.1) is 0 Å². The lowest BCUT2D eigenvalue weighted by Gasteiger charge is -2.33. The summed E-state index contributed by atoms with van der Waals surface area (Å²) in [6.45, 7) is 2.76. The molecule has 3 N–H and O–H groups in total. The van der Waals surface area contributed by atoms with Crippen molar-refractivity contribution in [2.24, 2.45) is 5.73 Å². The number of carbonyl (C=O) groups is 2. The van der Waals surface area contributed by atoms with Crippen LogP contribution in [0.5, 0.6) is 0 Å². The predicted octanol–water partition coefficient (Wildman–Crippen LogP) is 4.96. The number of hydrogen-bond donors (Lipinski definition) is 2. The van der Waals surface area contributed by atoms with Crippen LogP contribution in [-0.4, -0.2) is 51.9 Å². The van der Waals surface area contributed by atoms with Gasteiger partial charge in [-0.15, -0.1) is 11.3 Å². The van der Waals surface area contributed by atoms with E-state index < -0.39 is 17.9 Å². The van der Waals surface area contributed by atoms with Crippen molar-refractivity contribution in [3.05, 3.63) is 52.0 Å². The van der Waals surface area contributed by atoms with Crippen LogP contribution in [-0.2, 0) is 10.3 Å². The third-order valence-corrected chi connectivity index (χ3v) is 7.03. The van der Waals surface area contributed by atoms with Crippen LogP contribution in [0.4, 0.5) is 18.0 Å². The average Bonchev–Trinajstić information content (AvgIpc) is 3.49. The second-order valence-electron chi connectivity index (χ2n) is 8.97. The molecule has 0 saturated heterocycles. The molecule has 0 bridgehead atoms. The highest BCUT2D eigenvalue weighted by atomic mass is 32.1. The minimum atomic E-state index is -4.84. The van der Waals surface area contributed by atoms with Gasteiger partial charge in [-0.2, -0.15) is 13.2 Å². The fourth-order valence-electron chi connectivity index (χ4n) is 4.09. The third-order valence-electron chi connectivity index (χ3n) is 6.43. The number of nitrogens with zero attached hydrogens (tertiary/aromatic N) is 2. The molecular formula is C24H30F3N3O4S. The van der Waals surface area contributed by atoms with Crippen LogP contribution >= 0.6 is 11.3 Å². The molecule has 1 aromatic carbocycles. The summed E-state index contributed by atoms with van der Waals surface area (Å²) in [5, 5.41) is 11.8. The van der Waals surface area contributed by atoms with Crippen molar-refractivity contribution in [3.63, 3.8) is 0 Å². The van der Waals surface area contributed by atoms with Crippen LogP contribution in [0.2, 0.25) is 0 Å². The maximum atomic E-state index is 13.4. The lowest BCUT2D eigenvalue weighted by Crippen LogP contribution is -2.42. The summed E-state index contributed by atoms with van der Waals surface area (Å²) in [5.74, 6) is -0.418. The van der Waals surface area contributed by atoms with Crippen LogP contribution < -0.4 is 5.73 Å². The van der Waals surface area contributed by atoms with Gasteiger partial charge in [-0.1, -0.05) is 19.1 Å². The van der Waals surface area contributed by atoms with Crippen LogP contribution in [0.3, 0.4) is 0 Å². The van der Waals surface area contributed by atoms with Gasteiger partial charge in [0.2, 0.25) is 0 Å². The Kier molecular flexibility index (Phi) is 8.42. The molecule has 1 saturated carbocycles. The molecule has 192 valence electrons. The number of alkyl halides is 3. The number of thiazole rings is 1. The van der Waals surface area contributed by atoms with Crippen LogP contribution in [0.15, 0.2) is 35.2 Å². The van der Waals surface area contributed by atoms with Gasteiger partial charge in [-0.3, -0.25) is 4.79 Å². The monoisotopic (exact) mass is 513 g/mol.